The molecule has 7 nitrogen and oxygen atoms in total. The topological polar surface area (TPSA) is 96.0 Å². The fourth-order valence-corrected chi connectivity index (χ4v) is 1.40. The highest BCUT2D eigenvalue weighted by atomic mass is 16.5. The van der Waals surface area contributed by atoms with E-state index in [1.165, 1.54) is 0 Å². The summed E-state index contributed by atoms with van der Waals surface area (Å²) in [4.78, 5) is 16.3. The maximum atomic E-state index is 5.64. The van der Waals surface area contributed by atoms with E-state index in [9.17, 15) is 0 Å². The van der Waals surface area contributed by atoms with Crippen LogP contribution in [0.5, 0.6) is 11.9 Å². The number of rotatable bonds is 4. The summed E-state index contributed by atoms with van der Waals surface area (Å²) in [7, 11) is 1.55. The minimum atomic E-state index is -0.0383. The molecular weight excluding hydrogens is 246 g/mol. The van der Waals surface area contributed by atoms with Gasteiger partial charge in [-0.3, -0.25) is 0 Å². The Bertz CT molecular complexity index is 557. The van der Waals surface area contributed by atoms with Crippen molar-refractivity contribution in [2.75, 3.05) is 12.8 Å². The summed E-state index contributed by atoms with van der Waals surface area (Å²) in [5.41, 5.74) is 6.35. The lowest BCUT2D eigenvalue weighted by Crippen LogP contribution is -2.11. The van der Waals surface area contributed by atoms with Crippen molar-refractivity contribution < 1.29 is 9.47 Å². The van der Waals surface area contributed by atoms with Crippen molar-refractivity contribution in [1.29, 1.82) is 0 Å². The predicted octanol–water partition coefficient (Wildman–Crippen LogP) is 1.31. The van der Waals surface area contributed by atoms with Gasteiger partial charge in [0.2, 0.25) is 11.8 Å². The third-order valence-corrected chi connectivity index (χ3v) is 2.18. The van der Waals surface area contributed by atoms with Crippen LogP contribution in [-0.2, 0) is 0 Å². The van der Waals surface area contributed by atoms with Crippen LogP contribution < -0.4 is 15.2 Å². The Morgan fingerprint density at radius 2 is 1.95 bits per heavy atom. The van der Waals surface area contributed by atoms with E-state index in [1.54, 1.807) is 25.4 Å². The van der Waals surface area contributed by atoms with E-state index >= 15 is 0 Å². The molecule has 0 spiro atoms. The Hall–Kier alpha value is -2.44. The van der Waals surface area contributed by atoms with Gasteiger partial charge >= 0.3 is 6.01 Å². The van der Waals surface area contributed by atoms with Gasteiger partial charge in [-0.2, -0.15) is 15.0 Å². The van der Waals surface area contributed by atoms with Crippen molar-refractivity contribution in [2.45, 2.75) is 20.0 Å². The molecule has 0 fully saturated rings. The van der Waals surface area contributed by atoms with E-state index in [0.29, 0.717) is 17.3 Å². The lowest BCUT2D eigenvalue weighted by molar-refractivity contribution is 0.222. The molecule has 2 N–H and O–H groups in total. The van der Waals surface area contributed by atoms with Crippen LogP contribution in [0.15, 0.2) is 18.3 Å². The zero-order valence-electron chi connectivity index (χ0n) is 11.0. The number of methoxy groups -OCH3 is 1. The van der Waals surface area contributed by atoms with Crippen LogP contribution in [0.4, 0.5) is 5.95 Å². The maximum Gasteiger partial charge on any atom is 0.322 e. The van der Waals surface area contributed by atoms with Crippen molar-refractivity contribution >= 4 is 5.95 Å². The second-order valence-electron chi connectivity index (χ2n) is 4.06. The van der Waals surface area contributed by atoms with Crippen molar-refractivity contribution in [3.8, 4) is 23.3 Å². The number of nitrogen functional groups attached to an aromatic ring is 1. The molecule has 0 amide bonds. The summed E-state index contributed by atoms with van der Waals surface area (Å²) in [5.74, 6) is 1.04. The molecule has 0 unspecified atom stereocenters. The summed E-state index contributed by atoms with van der Waals surface area (Å²) in [6, 6.07) is 3.71. The molecule has 0 radical (unpaired) electrons. The highest BCUT2D eigenvalue weighted by molar-refractivity contribution is 5.55. The zero-order valence-corrected chi connectivity index (χ0v) is 11.0. The van der Waals surface area contributed by atoms with Crippen LogP contribution in [-0.4, -0.2) is 33.1 Å². The monoisotopic (exact) mass is 261 g/mol. The Balaban J connectivity index is 2.34. The van der Waals surface area contributed by atoms with Gasteiger partial charge in [0, 0.05) is 17.8 Å². The van der Waals surface area contributed by atoms with Crippen molar-refractivity contribution in [3.63, 3.8) is 0 Å². The van der Waals surface area contributed by atoms with Crippen LogP contribution in [0.3, 0.4) is 0 Å². The van der Waals surface area contributed by atoms with Gasteiger partial charge in [0.25, 0.3) is 0 Å². The minimum Gasteiger partial charge on any atom is -0.481 e. The number of ether oxygens (including phenoxy) is 2. The standard InChI is InChI=1S/C12H15N5O2/c1-7(2)19-12-16-10(15-11(13)17-12)8-4-5-9(18-3)14-6-8/h4-7H,1-3H3,(H2,13,15,16,17). The van der Waals surface area contributed by atoms with E-state index in [0.717, 1.165) is 0 Å². The molecule has 0 aliphatic heterocycles. The van der Waals surface area contributed by atoms with Gasteiger partial charge in [0.1, 0.15) is 0 Å². The largest absolute Gasteiger partial charge is 0.481 e. The minimum absolute atomic E-state index is 0.0383. The first kappa shape index (κ1) is 13.0. The summed E-state index contributed by atoms with van der Waals surface area (Å²) in [6.45, 7) is 3.77. The van der Waals surface area contributed by atoms with Gasteiger partial charge in [-0.15, -0.1) is 0 Å². The first-order valence-corrected chi connectivity index (χ1v) is 5.77. The summed E-state index contributed by atoms with van der Waals surface area (Å²) in [6.07, 6.45) is 1.57. The Labute approximate surface area is 110 Å². The number of nitrogens with zero attached hydrogens (tertiary/aromatic N) is 4. The van der Waals surface area contributed by atoms with Crippen LogP contribution in [0.1, 0.15) is 13.8 Å². The molecule has 0 aliphatic rings. The van der Waals surface area contributed by atoms with Gasteiger partial charge in [-0.1, -0.05) is 0 Å². The first-order chi connectivity index (χ1) is 9.08. The molecule has 2 aromatic heterocycles. The third kappa shape index (κ3) is 3.27. The average molecular weight is 261 g/mol. The number of anilines is 1. The number of hydrogen-bond donors (Lipinski definition) is 1. The predicted molar refractivity (Wildman–Crippen MR) is 69.8 cm³/mol. The van der Waals surface area contributed by atoms with E-state index in [4.69, 9.17) is 15.2 Å². The van der Waals surface area contributed by atoms with Gasteiger partial charge in [-0.25, -0.2) is 4.98 Å². The molecule has 7 heteroatoms. The molecule has 2 rings (SSSR count). The van der Waals surface area contributed by atoms with Crippen LogP contribution in [0.2, 0.25) is 0 Å². The lowest BCUT2D eigenvalue weighted by atomic mass is 10.3. The van der Waals surface area contributed by atoms with Crippen LogP contribution in [0.25, 0.3) is 11.4 Å². The Morgan fingerprint density at radius 1 is 1.16 bits per heavy atom. The van der Waals surface area contributed by atoms with E-state index < -0.39 is 0 Å². The molecule has 0 atom stereocenters. The molecule has 19 heavy (non-hydrogen) atoms. The Morgan fingerprint density at radius 3 is 2.53 bits per heavy atom. The molecule has 2 aromatic rings. The quantitative estimate of drug-likeness (QED) is 0.886. The normalized spacial score (nSPS) is 10.5. The van der Waals surface area contributed by atoms with Gasteiger partial charge in [0.05, 0.1) is 13.2 Å². The van der Waals surface area contributed by atoms with E-state index in [1.807, 2.05) is 13.8 Å². The molecule has 0 saturated heterocycles. The second-order valence-corrected chi connectivity index (χ2v) is 4.06. The average Bonchev–Trinajstić information content (AvgIpc) is 2.37. The lowest BCUT2D eigenvalue weighted by Gasteiger charge is -2.09. The molecule has 0 aromatic carbocycles. The fraction of sp³-hybridized carbons (Fsp3) is 0.333. The smallest absolute Gasteiger partial charge is 0.322 e. The number of nitrogens with two attached hydrogens (primary N) is 1. The summed E-state index contributed by atoms with van der Waals surface area (Å²) in [5, 5.41) is 0. The van der Waals surface area contributed by atoms with E-state index in [-0.39, 0.29) is 18.1 Å². The van der Waals surface area contributed by atoms with Crippen molar-refractivity contribution in [2.24, 2.45) is 0 Å². The van der Waals surface area contributed by atoms with Crippen LogP contribution >= 0.6 is 0 Å². The number of pyridine rings is 1. The molecule has 0 saturated carbocycles. The highest BCUT2D eigenvalue weighted by Gasteiger charge is 2.09. The van der Waals surface area contributed by atoms with Crippen molar-refractivity contribution in [3.05, 3.63) is 18.3 Å². The first-order valence-electron chi connectivity index (χ1n) is 5.77. The molecular formula is C12H15N5O2. The SMILES string of the molecule is COc1ccc(-c2nc(N)nc(OC(C)C)n2)cn1. The maximum absolute atomic E-state index is 5.64. The molecule has 0 bridgehead atoms. The zero-order chi connectivity index (χ0) is 13.8. The van der Waals surface area contributed by atoms with E-state index in [2.05, 4.69) is 19.9 Å². The molecule has 2 heterocycles. The molecule has 0 aliphatic carbocycles. The summed E-state index contributed by atoms with van der Waals surface area (Å²) < 4.78 is 10.4. The second kappa shape index (κ2) is 5.47. The van der Waals surface area contributed by atoms with Crippen molar-refractivity contribution in [1.82, 2.24) is 19.9 Å². The van der Waals surface area contributed by atoms with Gasteiger partial charge in [0.15, 0.2) is 5.82 Å². The number of hydrogen-bond acceptors (Lipinski definition) is 7. The Kier molecular flexibility index (Phi) is 3.74. The number of aromatic nitrogens is 4. The van der Waals surface area contributed by atoms with Crippen LogP contribution in [0, 0.1) is 0 Å². The fourth-order valence-electron chi connectivity index (χ4n) is 1.40. The molecule has 100 valence electrons. The van der Waals surface area contributed by atoms with Gasteiger partial charge in [-0.05, 0) is 19.9 Å². The highest BCUT2D eigenvalue weighted by Crippen LogP contribution is 2.19. The summed E-state index contributed by atoms with van der Waals surface area (Å²) >= 11 is 0. The van der Waals surface area contributed by atoms with Gasteiger partial charge < -0.3 is 15.2 Å². The third-order valence-electron chi connectivity index (χ3n) is 2.18.